The number of carboxylic acid groups (broad SMARTS) is 1. The molecule has 0 fully saturated rings. The quantitative estimate of drug-likeness (QED) is 0.635. The second kappa shape index (κ2) is 8.18. The first kappa shape index (κ1) is 17.9. The summed E-state index contributed by atoms with van der Waals surface area (Å²) in [5.41, 5.74) is -0.582. The number of carboxylic acids is 1. The Balaban J connectivity index is 4.34. The van der Waals surface area contributed by atoms with Crippen LogP contribution in [0.5, 0.6) is 0 Å². The summed E-state index contributed by atoms with van der Waals surface area (Å²) in [6.45, 7) is 9.42. The fourth-order valence-corrected chi connectivity index (χ4v) is 2.00. The van der Waals surface area contributed by atoms with Crippen LogP contribution >= 0.6 is 0 Å². The lowest BCUT2D eigenvalue weighted by Crippen LogP contribution is -2.35. The molecule has 0 N–H and O–H groups in total. The van der Waals surface area contributed by atoms with Gasteiger partial charge in [-0.15, -0.1) is 0 Å². The molecule has 0 aromatic heterocycles. The third-order valence-electron chi connectivity index (χ3n) is 2.90. The zero-order valence-corrected chi connectivity index (χ0v) is 12.8. The monoisotopic (exact) mass is 271 g/mol. The van der Waals surface area contributed by atoms with Gasteiger partial charge < -0.3 is 14.6 Å². The topological polar surface area (TPSA) is 66.4 Å². The minimum Gasteiger partial charge on any atom is -0.550 e. The van der Waals surface area contributed by atoms with Crippen LogP contribution in [0.1, 0.15) is 66.7 Å². The van der Waals surface area contributed by atoms with Crippen molar-refractivity contribution in [2.24, 2.45) is 11.8 Å². The summed E-state index contributed by atoms with van der Waals surface area (Å²) < 4.78 is 5.15. The van der Waals surface area contributed by atoms with E-state index in [-0.39, 0.29) is 12.3 Å². The van der Waals surface area contributed by atoms with Crippen LogP contribution in [0.4, 0.5) is 0 Å². The van der Waals surface area contributed by atoms with Gasteiger partial charge in [-0.3, -0.25) is 4.79 Å². The largest absolute Gasteiger partial charge is 0.550 e. The molecule has 0 spiro atoms. The van der Waals surface area contributed by atoms with E-state index in [4.69, 9.17) is 4.74 Å². The molecule has 0 saturated carbocycles. The SMILES string of the molecule is CCCC[C@@H](C)C[C@@H](CC(=O)OC(C)(C)C)C(=O)[O-]. The minimum absolute atomic E-state index is 0.101. The van der Waals surface area contributed by atoms with E-state index >= 15 is 0 Å². The molecular formula is C15H27O4-. The smallest absolute Gasteiger partial charge is 0.306 e. The molecule has 112 valence electrons. The minimum atomic E-state index is -1.16. The van der Waals surface area contributed by atoms with Gasteiger partial charge in [0.2, 0.25) is 0 Å². The standard InChI is InChI=1S/C15H28O4/c1-6-7-8-11(2)9-12(14(17)18)10-13(16)19-15(3,4)5/h11-12H,6-10H2,1-5H3,(H,17,18)/p-1/t11-,12+/m1/s1. The molecule has 0 aliphatic heterocycles. The summed E-state index contributed by atoms with van der Waals surface area (Å²) in [5.74, 6) is -2.09. The number of hydrogen-bond donors (Lipinski definition) is 0. The Bertz CT molecular complexity index is 291. The maximum atomic E-state index is 11.7. The molecule has 0 rings (SSSR count). The first-order chi connectivity index (χ1) is 8.65. The summed E-state index contributed by atoms with van der Waals surface area (Å²) >= 11 is 0. The second-order valence-corrected chi connectivity index (χ2v) is 6.29. The molecule has 0 aromatic carbocycles. The number of hydrogen-bond acceptors (Lipinski definition) is 4. The van der Waals surface area contributed by atoms with Gasteiger partial charge in [0.25, 0.3) is 0 Å². The zero-order valence-electron chi connectivity index (χ0n) is 12.8. The van der Waals surface area contributed by atoms with Crippen LogP contribution in [0.2, 0.25) is 0 Å². The van der Waals surface area contributed by atoms with Crippen LogP contribution in [-0.2, 0) is 14.3 Å². The Morgan fingerprint density at radius 2 is 1.84 bits per heavy atom. The summed E-state index contributed by atoms with van der Waals surface area (Å²) in [6.07, 6.45) is 3.52. The number of carbonyl (C=O) groups excluding carboxylic acids is 2. The second-order valence-electron chi connectivity index (χ2n) is 6.29. The van der Waals surface area contributed by atoms with Gasteiger partial charge in [0, 0.05) is 11.9 Å². The highest BCUT2D eigenvalue weighted by atomic mass is 16.6. The van der Waals surface area contributed by atoms with E-state index in [0.29, 0.717) is 6.42 Å². The van der Waals surface area contributed by atoms with E-state index in [9.17, 15) is 14.7 Å². The van der Waals surface area contributed by atoms with Crippen molar-refractivity contribution >= 4 is 11.9 Å². The van der Waals surface area contributed by atoms with E-state index in [1.165, 1.54) is 0 Å². The molecule has 19 heavy (non-hydrogen) atoms. The summed E-state index contributed by atoms with van der Waals surface area (Å²) in [7, 11) is 0. The summed E-state index contributed by atoms with van der Waals surface area (Å²) in [6, 6.07) is 0. The molecule has 0 saturated heterocycles. The van der Waals surface area contributed by atoms with Crippen molar-refractivity contribution in [1.29, 1.82) is 0 Å². The number of aliphatic carboxylic acids is 1. The Kier molecular flexibility index (Phi) is 7.72. The number of carbonyl (C=O) groups is 2. The van der Waals surface area contributed by atoms with E-state index in [2.05, 4.69) is 6.92 Å². The van der Waals surface area contributed by atoms with E-state index in [1.54, 1.807) is 20.8 Å². The van der Waals surface area contributed by atoms with Gasteiger partial charge in [0.05, 0.1) is 6.42 Å². The molecule has 0 unspecified atom stereocenters. The lowest BCUT2D eigenvalue weighted by atomic mass is 9.90. The van der Waals surface area contributed by atoms with Crippen LogP contribution < -0.4 is 5.11 Å². The van der Waals surface area contributed by atoms with Crippen molar-refractivity contribution in [2.75, 3.05) is 0 Å². The lowest BCUT2D eigenvalue weighted by molar-refractivity contribution is -0.312. The highest BCUT2D eigenvalue weighted by molar-refractivity contribution is 5.77. The summed E-state index contributed by atoms with van der Waals surface area (Å²) in [5, 5.41) is 11.1. The van der Waals surface area contributed by atoms with Crippen LogP contribution in [0, 0.1) is 11.8 Å². The highest BCUT2D eigenvalue weighted by Gasteiger charge is 2.22. The van der Waals surface area contributed by atoms with Gasteiger partial charge in [-0.25, -0.2) is 0 Å². The molecule has 0 aromatic rings. The van der Waals surface area contributed by atoms with Crippen LogP contribution in [0.15, 0.2) is 0 Å². The van der Waals surface area contributed by atoms with Crippen molar-refractivity contribution in [3.8, 4) is 0 Å². The highest BCUT2D eigenvalue weighted by Crippen LogP contribution is 2.21. The van der Waals surface area contributed by atoms with Crippen molar-refractivity contribution in [3.63, 3.8) is 0 Å². The molecule has 0 amide bonds. The van der Waals surface area contributed by atoms with Crippen LogP contribution in [0.25, 0.3) is 0 Å². The third-order valence-corrected chi connectivity index (χ3v) is 2.90. The molecule has 0 radical (unpaired) electrons. The van der Waals surface area contributed by atoms with Crippen LogP contribution in [0.3, 0.4) is 0 Å². The lowest BCUT2D eigenvalue weighted by Gasteiger charge is -2.24. The Morgan fingerprint density at radius 1 is 1.26 bits per heavy atom. The molecule has 2 atom stereocenters. The molecule has 0 aliphatic rings. The molecule has 0 heterocycles. The Morgan fingerprint density at radius 3 is 2.26 bits per heavy atom. The van der Waals surface area contributed by atoms with Crippen molar-refractivity contribution in [1.82, 2.24) is 0 Å². The first-order valence-electron chi connectivity index (χ1n) is 7.08. The molecule has 4 heteroatoms. The number of unbranched alkanes of at least 4 members (excludes halogenated alkanes) is 1. The average Bonchev–Trinajstić information content (AvgIpc) is 2.22. The molecular weight excluding hydrogens is 244 g/mol. The predicted octanol–water partition coefficient (Wildman–Crippen LogP) is 2.30. The fraction of sp³-hybridized carbons (Fsp3) is 0.867. The number of ether oxygens (including phenoxy) is 1. The molecule has 4 nitrogen and oxygen atoms in total. The maximum absolute atomic E-state index is 11.7. The Hall–Kier alpha value is -1.06. The fourth-order valence-electron chi connectivity index (χ4n) is 2.00. The van der Waals surface area contributed by atoms with Crippen molar-refractivity contribution in [2.45, 2.75) is 72.3 Å². The predicted molar refractivity (Wildman–Crippen MR) is 72.3 cm³/mol. The number of esters is 1. The van der Waals surface area contributed by atoms with E-state index in [1.807, 2.05) is 6.92 Å². The maximum Gasteiger partial charge on any atom is 0.306 e. The van der Waals surface area contributed by atoms with Gasteiger partial charge in [0.1, 0.15) is 5.60 Å². The van der Waals surface area contributed by atoms with E-state index < -0.39 is 23.5 Å². The van der Waals surface area contributed by atoms with Crippen molar-refractivity contribution in [3.05, 3.63) is 0 Å². The van der Waals surface area contributed by atoms with Gasteiger partial charge in [0.15, 0.2) is 0 Å². The molecule has 0 aliphatic carbocycles. The number of rotatable bonds is 8. The Labute approximate surface area is 116 Å². The average molecular weight is 271 g/mol. The normalized spacial score (nSPS) is 14.8. The van der Waals surface area contributed by atoms with E-state index in [0.717, 1.165) is 19.3 Å². The molecule has 0 bridgehead atoms. The van der Waals surface area contributed by atoms with Gasteiger partial charge in [-0.1, -0.05) is 33.1 Å². The van der Waals surface area contributed by atoms with Gasteiger partial charge in [-0.2, -0.15) is 0 Å². The van der Waals surface area contributed by atoms with Crippen molar-refractivity contribution < 1.29 is 19.4 Å². The van der Waals surface area contributed by atoms with Gasteiger partial charge in [-0.05, 0) is 33.1 Å². The first-order valence-corrected chi connectivity index (χ1v) is 7.08. The van der Waals surface area contributed by atoms with Crippen LogP contribution in [-0.4, -0.2) is 17.5 Å². The third kappa shape index (κ3) is 9.51. The summed E-state index contributed by atoms with van der Waals surface area (Å²) in [4.78, 5) is 22.7. The zero-order chi connectivity index (χ0) is 15.1. The van der Waals surface area contributed by atoms with Gasteiger partial charge >= 0.3 is 5.97 Å².